The number of carbonyl (C=O) groups excluding carboxylic acids is 1. The number of halogens is 1. The lowest BCUT2D eigenvalue weighted by atomic mass is 10.2. The van der Waals surface area contributed by atoms with Crippen molar-refractivity contribution >= 4 is 31.9 Å². The van der Waals surface area contributed by atoms with E-state index < -0.39 is 10.0 Å². The second-order valence-corrected chi connectivity index (χ2v) is 9.80. The molecular formula is C18H26BrN3O5S. The van der Waals surface area contributed by atoms with Gasteiger partial charge in [0.1, 0.15) is 4.90 Å². The smallest absolute Gasteiger partial charge is 0.244 e. The minimum Gasteiger partial charge on any atom is -0.493 e. The van der Waals surface area contributed by atoms with Crippen LogP contribution in [0.1, 0.15) is 19.8 Å². The van der Waals surface area contributed by atoms with Crippen LogP contribution in [0.3, 0.4) is 0 Å². The third-order valence-corrected chi connectivity index (χ3v) is 8.04. The molecule has 1 aromatic carbocycles. The highest BCUT2D eigenvalue weighted by molar-refractivity contribution is 9.10. The lowest BCUT2D eigenvalue weighted by Gasteiger charge is -2.36. The van der Waals surface area contributed by atoms with Gasteiger partial charge >= 0.3 is 0 Å². The maximum Gasteiger partial charge on any atom is 0.244 e. The van der Waals surface area contributed by atoms with Crippen LogP contribution >= 0.6 is 15.9 Å². The Bertz CT molecular complexity index is 836. The Morgan fingerprint density at radius 2 is 1.71 bits per heavy atom. The molecule has 3 rings (SSSR count). The quantitative estimate of drug-likeness (QED) is 0.641. The van der Waals surface area contributed by atoms with Gasteiger partial charge in [0.2, 0.25) is 15.9 Å². The number of methoxy groups -OCH3 is 2. The van der Waals surface area contributed by atoms with Gasteiger partial charge in [-0.1, -0.05) is 0 Å². The van der Waals surface area contributed by atoms with Crippen LogP contribution in [0.5, 0.6) is 11.5 Å². The summed E-state index contributed by atoms with van der Waals surface area (Å²) in [5.41, 5.74) is 0. The zero-order chi connectivity index (χ0) is 20.5. The van der Waals surface area contributed by atoms with E-state index in [0.29, 0.717) is 48.2 Å². The molecular weight excluding hydrogens is 450 g/mol. The van der Waals surface area contributed by atoms with Gasteiger partial charge in [-0.15, -0.1) is 0 Å². The van der Waals surface area contributed by atoms with Crippen LogP contribution in [-0.2, 0) is 14.8 Å². The van der Waals surface area contributed by atoms with Crippen LogP contribution in [-0.4, -0.2) is 76.0 Å². The Balaban J connectivity index is 1.70. The summed E-state index contributed by atoms with van der Waals surface area (Å²) in [6.07, 6.45) is 2.09. The van der Waals surface area contributed by atoms with Crippen molar-refractivity contribution < 1.29 is 22.7 Å². The summed E-state index contributed by atoms with van der Waals surface area (Å²) in [6.45, 7) is 3.52. The molecule has 0 bridgehead atoms. The molecule has 1 atom stereocenters. The lowest BCUT2D eigenvalue weighted by molar-refractivity contribution is -0.126. The van der Waals surface area contributed by atoms with Gasteiger partial charge in [-0.05, 0) is 41.8 Å². The first-order chi connectivity index (χ1) is 13.3. The molecule has 2 aliphatic rings. The predicted octanol–water partition coefficient (Wildman–Crippen LogP) is 1.44. The summed E-state index contributed by atoms with van der Waals surface area (Å²) in [5.74, 6) is 0.823. The van der Waals surface area contributed by atoms with E-state index in [0.717, 1.165) is 12.8 Å². The molecule has 1 saturated heterocycles. The largest absolute Gasteiger partial charge is 0.493 e. The molecule has 8 nitrogen and oxygen atoms in total. The molecule has 28 heavy (non-hydrogen) atoms. The Morgan fingerprint density at radius 1 is 1.14 bits per heavy atom. The van der Waals surface area contributed by atoms with Crippen molar-refractivity contribution in [2.45, 2.75) is 36.7 Å². The summed E-state index contributed by atoms with van der Waals surface area (Å²) in [5, 5.41) is 3.00. The Hall–Kier alpha value is -1.36. The van der Waals surface area contributed by atoms with Crippen molar-refractivity contribution in [1.29, 1.82) is 0 Å². The van der Waals surface area contributed by atoms with E-state index in [4.69, 9.17) is 9.47 Å². The number of sulfonamides is 1. The number of carbonyl (C=O) groups is 1. The fourth-order valence-electron chi connectivity index (χ4n) is 3.22. The topological polar surface area (TPSA) is 88.2 Å². The Labute approximate surface area is 174 Å². The number of rotatable bonds is 7. The maximum absolute atomic E-state index is 13.1. The van der Waals surface area contributed by atoms with Gasteiger partial charge in [0.05, 0.1) is 20.3 Å². The first kappa shape index (κ1) is 21.4. The average Bonchev–Trinajstić information content (AvgIpc) is 3.50. The number of nitrogens with one attached hydrogen (secondary N) is 1. The number of amides is 1. The summed E-state index contributed by atoms with van der Waals surface area (Å²) in [4.78, 5) is 14.4. The second kappa shape index (κ2) is 8.56. The van der Waals surface area contributed by atoms with Crippen LogP contribution in [0.15, 0.2) is 21.5 Å². The maximum atomic E-state index is 13.1. The summed E-state index contributed by atoms with van der Waals surface area (Å²) < 4.78 is 38.6. The number of nitrogens with zero attached hydrogens (tertiary/aromatic N) is 2. The molecule has 0 radical (unpaired) electrons. The van der Waals surface area contributed by atoms with Crippen molar-refractivity contribution in [3.63, 3.8) is 0 Å². The highest BCUT2D eigenvalue weighted by Crippen LogP contribution is 2.36. The van der Waals surface area contributed by atoms with Crippen molar-refractivity contribution in [3.05, 3.63) is 16.6 Å². The summed E-state index contributed by atoms with van der Waals surface area (Å²) in [6, 6.07) is 3.11. The first-order valence-corrected chi connectivity index (χ1v) is 11.5. The molecule has 1 saturated carbocycles. The highest BCUT2D eigenvalue weighted by atomic mass is 79.9. The highest BCUT2D eigenvalue weighted by Gasteiger charge is 2.34. The number of piperazine rings is 1. The molecule has 156 valence electrons. The number of ether oxygens (including phenoxy) is 2. The van der Waals surface area contributed by atoms with Gasteiger partial charge < -0.3 is 14.8 Å². The molecule has 2 fully saturated rings. The standard InChI is InChI=1S/C18H26BrN3O5S/c1-12(18(23)20-13-4-5-13)21-6-8-22(9-7-21)28(24,25)17-11-16(27-3)15(26-2)10-14(17)19/h10-13H,4-9H2,1-3H3,(H,20,23). The second-order valence-electron chi connectivity index (χ2n) is 7.04. The zero-order valence-electron chi connectivity index (χ0n) is 16.3. The third kappa shape index (κ3) is 4.45. The van der Waals surface area contributed by atoms with E-state index in [-0.39, 0.29) is 16.8 Å². The van der Waals surface area contributed by atoms with Crippen LogP contribution in [0.4, 0.5) is 0 Å². The minimum atomic E-state index is -3.70. The lowest BCUT2D eigenvalue weighted by Crippen LogP contribution is -2.55. The van der Waals surface area contributed by atoms with Gasteiger partial charge in [0, 0.05) is 42.8 Å². The monoisotopic (exact) mass is 475 g/mol. The van der Waals surface area contributed by atoms with Crippen LogP contribution in [0.2, 0.25) is 0 Å². The van der Waals surface area contributed by atoms with Gasteiger partial charge in [0.15, 0.2) is 11.5 Å². The first-order valence-electron chi connectivity index (χ1n) is 9.24. The van der Waals surface area contributed by atoms with Crippen molar-refractivity contribution in [3.8, 4) is 11.5 Å². The van der Waals surface area contributed by atoms with E-state index >= 15 is 0 Å². The Kier molecular flexibility index (Phi) is 6.53. The van der Waals surface area contributed by atoms with Crippen molar-refractivity contribution in [1.82, 2.24) is 14.5 Å². The van der Waals surface area contributed by atoms with Gasteiger partial charge in [-0.3, -0.25) is 9.69 Å². The van der Waals surface area contributed by atoms with Gasteiger partial charge in [0.25, 0.3) is 0 Å². The molecule has 10 heteroatoms. The molecule has 1 N–H and O–H groups in total. The predicted molar refractivity (Wildman–Crippen MR) is 108 cm³/mol. The van der Waals surface area contributed by atoms with Gasteiger partial charge in [-0.2, -0.15) is 4.31 Å². The van der Waals surface area contributed by atoms with E-state index in [1.807, 2.05) is 11.8 Å². The molecule has 0 spiro atoms. The molecule has 1 unspecified atom stereocenters. The van der Waals surface area contributed by atoms with E-state index in [1.54, 1.807) is 6.07 Å². The normalized spacial score (nSPS) is 19.9. The van der Waals surface area contributed by atoms with Crippen LogP contribution < -0.4 is 14.8 Å². The summed E-state index contributed by atoms with van der Waals surface area (Å²) >= 11 is 3.33. The molecule has 1 aliphatic carbocycles. The fraction of sp³-hybridized carbons (Fsp3) is 0.611. The average molecular weight is 476 g/mol. The molecule has 1 heterocycles. The van der Waals surface area contributed by atoms with Crippen molar-refractivity contribution in [2.75, 3.05) is 40.4 Å². The zero-order valence-corrected chi connectivity index (χ0v) is 18.7. The van der Waals surface area contributed by atoms with Crippen LogP contribution in [0, 0.1) is 0 Å². The molecule has 1 aliphatic heterocycles. The number of hydrogen-bond donors (Lipinski definition) is 1. The van der Waals surface area contributed by atoms with E-state index in [9.17, 15) is 13.2 Å². The summed E-state index contributed by atoms with van der Waals surface area (Å²) in [7, 11) is -0.739. The van der Waals surface area contributed by atoms with Crippen LogP contribution in [0.25, 0.3) is 0 Å². The third-order valence-electron chi connectivity index (χ3n) is 5.18. The number of benzene rings is 1. The molecule has 0 aromatic heterocycles. The SMILES string of the molecule is COc1cc(Br)c(S(=O)(=O)N2CCN(C(C)C(=O)NC3CC3)CC2)cc1OC. The molecule has 1 aromatic rings. The molecule has 1 amide bonds. The fourth-order valence-corrected chi connectivity index (χ4v) is 5.64. The van der Waals surface area contributed by atoms with E-state index in [2.05, 4.69) is 21.2 Å². The number of hydrogen-bond acceptors (Lipinski definition) is 6. The Morgan fingerprint density at radius 3 is 2.25 bits per heavy atom. The van der Waals surface area contributed by atoms with E-state index in [1.165, 1.54) is 24.6 Å². The minimum absolute atomic E-state index is 0.0152. The van der Waals surface area contributed by atoms with Crippen molar-refractivity contribution in [2.24, 2.45) is 0 Å². The van der Waals surface area contributed by atoms with Gasteiger partial charge in [-0.25, -0.2) is 8.42 Å².